The zero-order valence-electron chi connectivity index (χ0n) is 11.0. The van der Waals surface area contributed by atoms with Crippen molar-refractivity contribution in [3.8, 4) is 0 Å². The summed E-state index contributed by atoms with van der Waals surface area (Å²) >= 11 is 5.30. The quantitative estimate of drug-likeness (QED) is 0.860. The molecule has 0 radical (unpaired) electrons. The van der Waals surface area contributed by atoms with Gasteiger partial charge in [-0.1, -0.05) is 48.0 Å². The minimum atomic E-state index is -0.397. The molecule has 1 atom stereocenters. The van der Waals surface area contributed by atoms with E-state index >= 15 is 0 Å². The van der Waals surface area contributed by atoms with Gasteiger partial charge in [0.15, 0.2) is 5.11 Å². The summed E-state index contributed by atoms with van der Waals surface area (Å²) in [6.07, 6.45) is 0. The Bertz CT molecular complexity index is 652. The Labute approximate surface area is 123 Å². The molecule has 1 aliphatic heterocycles. The van der Waals surface area contributed by atoms with E-state index in [1.54, 1.807) is 0 Å². The average molecular weight is 282 g/mol. The topological polar surface area (TPSA) is 32.3 Å². The third kappa shape index (κ3) is 2.18. The van der Waals surface area contributed by atoms with Crippen LogP contribution in [0.1, 0.15) is 17.2 Å². The highest BCUT2D eigenvalue weighted by Crippen LogP contribution is 2.31. The first-order valence-corrected chi connectivity index (χ1v) is 6.83. The number of anilines is 1. The molecule has 0 spiro atoms. The molecule has 4 heteroatoms. The molecule has 1 saturated heterocycles. The van der Waals surface area contributed by atoms with E-state index in [9.17, 15) is 4.79 Å². The average Bonchev–Trinajstić information content (AvgIpc) is 2.75. The van der Waals surface area contributed by atoms with Crippen LogP contribution in [-0.4, -0.2) is 11.0 Å². The van der Waals surface area contributed by atoms with Crippen molar-refractivity contribution in [2.45, 2.75) is 13.0 Å². The van der Waals surface area contributed by atoms with Gasteiger partial charge in [0.25, 0.3) is 5.91 Å². The lowest BCUT2D eigenvalue weighted by atomic mass is 10.1. The summed E-state index contributed by atoms with van der Waals surface area (Å²) in [5, 5.41) is 3.20. The van der Waals surface area contributed by atoms with Crippen molar-refractivity contribution < 1.29 is 4.79 Å². The number of carbonyl (C=O) groups excluding carboxylic acids is 1. The molecular weight excluding hydrogens is 268 g/mol. The minimum absolute atomic E-state index is 0.0817. The van der Waals surface area contributed by atoms with Crippen LogP contribution in [0.25, 0.3) is 0 Å². The van der Waals surface area contributed by atoms with Crippen molar-refractivity contribution in [1.82, 2.24) is 5.32 Å². The number of rotatable bonds is 2. The number of aryl methyl sites for hydroxylation is 1. The van der Waals surface area contributed by atoms with Crippen molar-refractivity contribution in [3.63, 3.8) is 0 Å². The van der Waals surface area contributed by atoms with Gasteiger partial charge >= 0.3 is 0 Å². The summed E-state index contributed by atoms with van der Waals surface area (Å²) < 4.78 is 0. The number of hydrogen-bond donors (Lipinski definition) is 1. The Morgan fingerprint density at radius 3 is 2.35 bits per heavy atom. The van der Waals surface area contributed by atoms with Gasteiger partial charge in [-0.3, -0.25) is 4.79 Å². The molecule has 0 aromatic heterocycles. The van der Waals surface area contributed by atoms with Crippen molar-refractivity contribution in [1.29, 1.82) is 0 Å². The van der Waals surface area contributed by atoms with Crippen LogP contribution < -0.4 is 10.2 Å². The number of nitrogens with zero attached hydrogens (tertiary/aromatic N) is 1. The third-order valence-corrected chi connectivity index (χ3v) is 3.68. The summed E-state index contributed by atoms with van der Waals surface area (Å²) in [4.78, 5) is 14.1. The minimum Gasteiger partial charge on any atom is -0.302 e. The van der Waals surface area contributed by atoms with Gasteiger partial charge in [-0.25, -0.2) is 0 Å². The van der Waals surface area contributed by atoms with E-state index in [4.69, 9.17) is 12.2 Å². The smallest absolute Gasteiger partial charge is 0.253 e. The molecule has 0 saturated carbocycles. The number of carbonyl (C=O) groups is 1. The Morgan fingerprint density at radius 1 is 1.05 bits per heavy atom. The van der Waals surface area contributed by atoms with Crippen LogP contribution in [0.5, 0.6) is 0 Å². The van der Waals surface area contributed by atoms with Crippen LogP contribution in [0.15, 0.2) is 54.6 Å². The highest BCUT2D eigenvalue weighted by molar-refractivity contribution is 7.80. The molecular formula is C16H14N2OS. The summed E-state index contributed by atoms with van der Waals surface area (Å²) in [5.41, 5.74) is 3.03. The molecule has 2 aromatic rings. The summed E-state index contributed by atoms with van der Waals surface area (Å²) in [7, 11) is 0. The molecule has 3 nitrogen and oxygen atoms in total. The van der Waals surface area contributed by atoms with Gasteiger partial charge in [-0.15, -0.1) is 0 Å². The largest absolute Gasteiger partial charge is 0.302 e. The van der Waals surface area contributed by atoms with Crippen molar-refractivity contribution in [3.05, 3.63) is 65.7 Å². The van der Waals surface area contributed by atoms with E-state index in [2.05, 4.69) is 5.32 Å². The van der Waals surface area contributed by atoms with E-state index in [1.165, 1.54) is 5.56 Å². The number of nitrogens with one attached hydrogen (secondary N) is 1. The lowest BCUT2D eigenvalue weighted by Crippen LogP contribution is -2.29. The molecule has 1 fully saturated rings. The fraction of sp³-hybridized carbons (Fsp3) is 0.125. The van der Waals surface area contributed by atoms with Gasteiger partial charge in [-0.2, -0.15) is 0 Å². The Hall–Kier alpha value is -2.20. The van der Waals surface area contributed by atoms with Crippen LogP contribution in [0.3, 0.4) is 0 Å². The van der Waals surface area contributed by atoms with Crippen molar-refractivity contribution in [2.75, 3.05) is 4.90 Å². The van der Waals surface area contributed by atoms with Gasteiger partial charge in [-0.05, 0) is 36.8 Å². The van der Waals surface area contributed by atoms with Crippen LogP contribution in [0.2, 0.25) is 0 Å². The highest BCUT2D eigenvalue weighted by Gasteiger charge is 2.37. The van der Waals surface area contributed by atoms with E-state index in [-0.39, 0.29) is 5.91 Å². The molecule has 20 heavy (non-hydrogen) atoms. The van der Waals surface area contributed by atoms with Crippen LogP contribution in [0, 0.1) is 6.92 Å². The highest BCUT2D eigenvalue weighted by atomic mass is 32.1. The van der Waals surface area contributed by atoms with Gasteiger partial charge < -0.3 is 10.2 Å². The molecule has 2 aromatic carbocycles. The maximum atomic E-state index is 12.2. The zero-order valence-corrected chi connectivity index (χ0v) is 11.9. The lowest BCUT2D eigenvalue weighted by Gasteiger charge is -2.24. The molecule has 100 valence electrons. The second-order valence-electron chi connectivity index (χ2n) is 4.81. The Balaban J connectivity index is 2.04. The monoisotopic (exact) mass is 282 g/mol. The van der Waals surface area contributed by atoms with Gasteiger partial charge in [0.2, 0.25) is 0 Å². The second kappa shape index (κ2) is 5.06. The van der Waals surface area contributed by atoms with Crippen LogP contribution >= 0.6 is 12.2 Å². The van der Waals surface area contributed by atoms with E-state index in [1.807, 2.05) is 66.4 Å². The number of hydrogen-bond acceptors (Lipinski definition) is 2. The number of thiocarbonyl (C=S) groups is 1. The summed E-state index contributed by atoms with van der Waals surface area (Å²) in [5.74, 6) is -0.0817. The normalized spacial score (nSPS) is 18.2. The molecule has 1 unspecified atom stereocenters. The predicted molar refractivity (Wildman–Crippen MR) is 83.6 cm³/mol. The molecule has 0 aliphatic carbocycles. The fourth-order valence-corrected chi connectivity index (χ4v) is 2.69. The summed E-state index contributed by atoms with van der Waals surface area (Å²) in [6, 6.07) is 17.3. The third-order valence-electron chi connectivity index (χ3n) is 3.38. The number of benzene rings is 2. The van der Waals surface area contributed by atoms with Gasteiger partial charge in [0, 0.05) is 5.69 Å². The van der Waals surface area contributed by atoms with E-state index in [0.717, 1.165) is 11.3 Å². The molecule has 1 amide bonds. The lowest BCUT2D eigenvalue weighted by molar-refractivity contribution is -0.119. The molecule has 1 aliphatic rings. The first kappa shape index (κ1) is 12.8. The number of amides is 1. The van der Waals surface area contributed by atoms with Crippen molar-refractivity contribution >= 4 is 28.9 Å². The predicted octanol–water partition coefficient (Wildman–Crippen LogP) is 2.96. The fourth-order valence-electron chi connectivity index (χ4n) is 2.38. The Morgan fingerprint density at radius 2 is 1.70 bits per heavy atom. The van der Waals surface area contributed by atoms with Crippen molar-refractivity contribution in [2.24, 2.45) is 0 Å². The molecule has 1 heterocycles. The molecule has 1 N–H and O–H groups in total. The van der Waals surface area contributed by atoms with Crippen LogP contribution in [-0.2, 0) is 4.79 Å². The van der Waals surface area contributed by atoms with Gasteiger partial charge in [0.05, 0.1) is 0 Å². The summed E-state index contributed by atoms with van der Waals surface area (Å²) in [6.45, 7) is 2.03. The van der Waals surface area contributed by atoms with E-state index in [0.29, 0.717) is 5.11 Å². The first-order valence-electron chi connectivity index (χ1n) is 6.42. The van der Waals surface area contributed by atoms with E-state index < -0.39 is 6.04 Å². The first-order chi connectivity index (χ1) is 9.66. The van der Waals surface area contributed by atoms with Crippen LogP contribution in [0.4, 0.5) is 5.69 Å². The van der Waals surface area contributed by atoms with Gasteiger partial charge in [0.1, 0.15) is 6.04 Å². The Kier molecular flexibility index (Phi) is 3.24. The standard InChI is InChI=1S/C16H14N2OS/c1-11-7-9-13(10-8-11)18-14(15(19)17-16(18)20)12-5-3-2-4-6-12/h2-10,14H,1H3,(H,17,19,20). The maximum Gasteiger partial charge on any atom is 0.253 e. The molecule has 3 rings (SSSR count). The SMILES string of the molecule is Cc1ccc(N2C(=S)NC(=O)C2c2ccccc2)cc1. The maximum absolute atomic E-state index is 12.2. The second-order valence-corrected chi connectivity index (χ2v) is 5.20. The zero-order chi connectivity index (χ0) is 14.1. The molecule has 0 bridgehead atoms.